The van der Waals surface area contributed by atoms with Crippen molar-refractivity contribution in [3.05, 3.63) is 77.1 Å². The molecule has 2 aromatic heterocycles. The molecule has 4 aromatic rings. The van der Waals surface area contributed by atoms with E-state index in [0.29, 0.717) is 52.6 Å². The molecule has 0 saturated heterocycles. The number of rotatable bonds is 10. The van der Waals surface area contributed by atoms with E-state index in [2.05, 4.69) is 10.3 Å². The van der Waals surface area contributed by atoms with Gasteiger partial charge in [0.1, 0.15) is 17.8 Å². The molecule has 0 unspecified atom stereocenters. The fourth-order valence-electron chi connectivity index (χ4n) is 5.99. The minimum absolute atomic E-state index is 0.0749. The number of benzene rings is 2. The number of aromatic nitrogens is 2. The molecular formula is C34H36N6O4. The Bertz CT molecular complexity index is 1820. The highest BCUT2D eigenvalue weighted by atomic mass is 16.5. The summed E-state index contributed by atoms with van der Waals surface area (Å²) in [5.74, 6) is 1.19. The van der Waals surface area contributed by atoms with Gasteiger partial charge in [0, 0.05) is 47.3 Å². The quantitative estimate of drug-likeness (QED) is 0.185. The number of pyridine rings is 1. The summed E-state index contributed by atoms with van der Waals surface area (Å²) < 4.78 is 13.6. The topological polar surface area (TPSA) is 147 Å². The van der Waals surface area contributed by atoms with Crippen molar-refractivity contribution < 1.29 is 19.1 Å². The van der Waals surface area contributed by atoms with Crippen LogP contribution >= 0.6 is 0 Å². The van der Waals surface area contributed by atoms with E-state index in [-0.39, 0.29) is 18.4 Å². The number of carbonyl (C=O) groups excluding carboxylic acids is 2. The van der Waals surface area contributed by atoms with Crippen LogP contribution in [0.15, 0.2) is 59.7 Å². The Morgan fingerprint density at radius 1 is 1.20 bits per heavy atom. The molecule has 2 aromatic carbocycles. The van der Waals surface area contributed by atoms with E-state index in [1.165, 1.54) is 7.11 Å². The van der Waals surface area contributed by atoms with Crippen LogP contribution < -0.4 is 26.3 Å². The van der Waals surface area contributed by atoms with Crippen LogP contribution in [0, 0.1) is 5.92 Å². The van der Waals surface area contributed by atoms with E-state index in [4.69, 9.17) is 25.9 Å². The number of amides is 2. The van der Waals surface area contributed by atoms with Crippen molar-refractivity contribution in [2.45, 2.75) is 50.0 Å². The normalized spacial score (nSPS) is 20.0. The van der Waals surface area contributed by atoms with Gasteiger partial charge in [-0.3, -0.25) is 19.1 Å². The van der Waals surface area contributed by atoms with E-state index < -0.39 is 11.3 Å². The number of aliphatic imine (C=N–C) groups is 1. The highest BCUT2D eigenvalue weighted by Crippen LogP contribution is 2.47. The smallest absolute Gasteiger partial charge is 0.251 e. The first-order valence-corrected chi connectivity index (χ1v) is 15.1. The summed E-state index contributed by atoms with van der Waals surface area (Å²) in [6.07, 6.45) is 7.90. The molecule has 3 heterocycles. The van der Waals surface area contributed by atoms with Crippen molar-refractivity contribution >= 4 is 34.6 Å². The van der Waals surface area contributed by atoms with Gasteiger partial charge in [0.25, 0.3) is 5.91 Å². The number of methoxy groups -OCH3 is 1. The average molecular weight is 593 g/mol. The van der Waals surface area contributed by atoms with E-state index in [1.807, 2.05) is 54.1 Å². The van der Waals surface area contributed by atoms with Crippen molar-refractivity contribution in [2.75, 3.05) is 26.0 Å². The molecule has 2 aliphatic carbocycles. The van der Waals surface area contributed by atoms with Gasteiger partial charge < -0.3 is 26.3 Å². The number of anilines is 1. The molecule has 2 fully saturated rings. The van der Waals surface area contributed by atoms with Crippen LogP contribution in [0.4, 0.5) is 5.69 Å². The highest BCUT2D eigenvalue weighted by molar-refractivity contribution is 5.99. The van der Waals surface area contributed by atoms with Crippen molar-refractivity contribution in [3.63, 3.8) is 0 Å². The maximum Gasteiger partial charge on any atom is 0.251 e. The van der Waals surface area contributed by atoms with Crippen LogP contribution in [0.1, 0.15) is 65.7 Å². The fourth-order valence-corrected chi connectivity index (χ4v) is 5.99. The number of hydrogen-bond acceptors (Lipinski definition) is 7. The van der Waals surface area contributed by atoms with Crippen LogP contribution in [0.3, 0.4) is 0 Å². The number of nitrogens with zero attached hydrogens (tertiary/aromatic N) is 3. The summed E-state index contributed by atoms with van der Waals surface area (Å²) in [6, 6.07) is 15.8. The monoisotopic (exact) mass is 592 g/mol. The second-order valence-corrected chi connectivity index (χ2v) is 12.3. The van der Waals surface area contributed by atoms with Crippen molar-refractivity contribution in [1.29, 1.82) is 0 Å². The van der Waals surface area contributed by atoms with Gasteiger partial charge in [-0.2, -0.15) is 0 Å². The van der Waals surface area contributed by atoms with Gasteiger partial charge in [0.05, 0.1) is 24.4 Å². The SMILES string of the molecule is COc1cc(C(=O)NC[C@H](c2cc3c(c(-n4ccc5ccccc54)n2)OC[C@]3(C)C(N)=O)C2CC2)cc(C=NC2CC2)c1N. The molecule has 44 heavy (non-hydrogen) atoms. The van der Waals surface area contributed by atoms with Gasteiger partial charge in [0.2, 0.25) is 5.91 Å². The number of nitrogen functional groups attached to an aromatic ring is 1. The molecule has 2 saturated carbocycles. The first kappa shape index (κ1) is 27.9. The first-order valence-electron chi connectivity index (χ1n) is 15.1. The fraction of sp³-hybridized carbons (Fsp3) is 0.353. The lowest BCUT2D eigenvalue weighted by Gasteiger charge is -2.22. The predicted molar refractivity (Wildman–Crippen MR) is 169 cm³/mol. The molecule has 226 valence electrons. The molecule has 5 N–H and O–H groups in total. The Morgan fingerprint density at radius 2 is 2.00 bits per heavy atom. The molecular weight excluding hydrogens is 556 g/mol. The number of hydrogen-bond donors (Lipinski definition) is 3. The number of carbonyl (C=O) groups is 2. The summed E-state index contributed by atoms with van der Waals surface area (Å²) in [5.41, 5.74) is 15.3. The summed E-state index contributed by atoms with van der Waals surface area (Å²) in [5, 5.41) is 4.21. The molecule has 0 spiro atoms. The van der Waals surface area contributed by atoms with Crippen LogP contribution in [0.2, 0.25) is 0 Å². The first-order chi connectivity index (χ1) is 21.3. The lowest BCUT2D eigenvalue weighted by atomic mass is 9.82. The second kappa shape index (κ2) is 10.7. The number of nitrogens with one attached hydrogen (secondary N) is 1. The third-order valence-electron chi connectivity index (χ3n) is 9.13. The zero-order valence-electron chi connectivity index (χ0n) is 24.9. The zero-order chi connectivity index (χ0) is 30.6. The average Bonchev–Trinajstić information content (AvgIpc) is 3.96. The van der Waals surface area contributed by atoms with Gasteiger partial charge in [-0.25, -0.2) is 4.98 Å². The second-order valence-electron chi connectivity index (χ2n) is 12.3. The third kappa shape index (κ3) is 4.94. The van der Waals surface area contributed by atoms with Gasteiger partial charge >= 0.3 is 0 Å². The minimum atomic E-state index is -0.999. The van der Waals surface area contributed by atoms with E-state index >= 15 is 0 Å². The molecule has 7 rings (SSSR count). The van der Waals surface area contributed by atoms with Crippen LogP contribution in [0.25, 0.3) is 16.7 Å². The lowest BCUT2D eigenvalue weighted by Crippen LogP contribution is -2.40. The minimum Gasteiger partial charge on any atom is -0.495 e. The molecule has 2 amide bonds. The molecule has 3 aliphatic rings. The zero-order valence-corrected chi connectivity index (χ0v) is 24.9. The van der Waals surface area contributed by atoms with E-state index in [9.17, 15) is 9.59 Å². The Hall–Kier alpha value is -4.86. The Morgan fingerprint density at radius 3 is 2.73 bits per heavy atom. The molecule has 10 heteroatoms. The van der Waals surface area contributed by atoms with Crippen LogP contribution in [0.5, 0.6) is 11.5 Å². The number of nitrogens with two attached hydrogens (primary N) is 2. The van der Waals surface area contributed by atoms with Crippen molar-refractivity contribution in [2.24, 2.45) is 16.6 Å². The Kier molecular flexibility index (Phi) is 6.79. The lowest BCUT2D eigenvalue weighted by molar-refractivity contribution is -0.123. The highest BCUT2D eigenvalue weighted by Gasteiger charge is 2.45. The molecule has 0 bridgehead atoms. The number of primary amides is 1. The van der Waals surface area contributed by atoms with Gasteiger partial charge in [-0.1, -0.05) is 18.2 Å². The van der Waals surface area contributed by atoms with Gasteiger partial charge in [-0.15, -0.1) is 0 Å². The van der Waals surface area contributed by atoms with Crippen molar-refractivity contribution in [1.82, 2.24) is 14.9 Å². The van der Waals surface area contributed by atoms with Crippen LogP contribution in [-0.2, 0) is 10.2 Å². The number of ether oxygens (including phenoxy) is 2. The molecule has 0 radical (unpaired) electrons. The number of fused-ring (bicyclic) bond motifs is 2. The third-order valence-corrected chi connectivity index (χ3v) is 9.13. The van der Waals surface area contributed by atoms with Gasteiger partial charge in [0.15, 0.2) is 11.6 Å². The number of para-hydroxylation sites is 1. The maximum absolute atomic E-state index is 13.5. The molecule has 10 nitrogen and oxygen atoms in total. The predicted octanol–water partition coefficient (Wildman–Crippen LogP) is 4.26. The van der Waals surface area contributed by atoms with Gasteiger partial charge in [-0.05, 0) is 74.2 Å². The summed E-state index contributed by atoms with van der Waals surface area (Å²) >= 11 is 0. The Labute approximate surface area is 255 Å². The maximum atomic E-state index is 13.5. The Balaban J connectivity index is 1.24. The molecule has 1 aliphatic heterocycles. The molecule has 2 atom stereocenters. The van der Waals surface area contributed by atoms with E-state index in [0.717, 1.165) is 47.8 Å². The standard InChI is InChI=1S/C34H36N6O4/c1-34(33(36)42)18-44-30-25(34)15-26(39-31(30)40-12-11-20-5-3-4-6-27(20)40)24(19-7-8-19)17-38-32(41)21-13-22(16-37-23-9-10-23)29(35)28(14-21)43-2/h3-6,11-16,19,23-24H,7-10,17-18,35H2,1-2H3,(H2,36,42)(H,38,41)/t24-,34-/m0/s1. The summed E-state index contributed by atoms with van der Waals surface area (Å²) in [4.78, 5) is 35.9. The summed E-state index contributed by atoms with van der Waals surface area (Å²) in [6.45, 7) is 2.33. The van der Waals surface area contributed by atoms with Crippen molar-refractivity contribution in [3.8, 4) is 17.3 Å². The summed E-state index contributed by atoms with van der Waals surface area (Å²) in [7, 11) is 1.53. The largest absolute Gasteiger partial charge is 0.495 e. The van der Waals surface area contributed by atoms with E-state index in [1.54, 1.807) is 18.3 Å². The van der Waals surface area contributed by atoms with Crippen LogP contribution in [-0.4, -0.2) is 53.9 Å².